The maximum Gasteiger partial charge on any atom is 0.300 e. The van der Waals surface area contributed by atoms with Crippen LogP contribution >= 0.6 is 23.2 Å². The van der Waals surface area contributed by atoms with Crippen LogP contribution < -0.4 is 19.1 Å². The maximum absolute atomic E-state index is 13.4. The number of carbonyl (C=O) groups is 2. The molecular formula is C26H21Cl2NO7. The predicted molar refractivity (Wildman–Crippen MR) is 135 cm³/mol. The first-order chi connectivity index (χ1) is 17.2. The van der Waals surface area contributed by atoms with Gasteiger partial charge >= 0.3 is 0 Å². The Morgan fingerprint density at radius 2 is 1.50 bits per heavy atom. The Bertz CT molecular complexity index is 1390. The highest BCUT2D eigenvalue weighted by molar-refractivity contribution is 6.51. The van der Waals surface area contributed by atoms with Crippen molar-refractivity contribution in [3.63, 3.8) is 0 Å². The molecule has 0 spiro atoms. The number of methoxy groups -OCH3 is 3. The molecule has 10 heteroatoms. The molecule has 3 aromatic rings. The average molecular weight is 530 g/mol. The molecule has 3 aromatic carbocycles. The average Bonchev–Trinajstić information content (AvgIpc) is 3.15. The van der Waals surface area contributed by atoms with E-state index in [1.165, 1.54) is 50.5 Å². The Kier molecular flexibility index (Phi) is 7.01. The van der Waals surface area contributed by atoms with E-state index in [4.69, 9.17) is 37.4 Å². The molecule has 1 aliphatic heterocycles. The standard InChI is InChI=1S/C26H21Cl2NO7/c1-34-18-12-16(27)19(35-2)11-15(18)23(30)21-22(13-9-17(28)24(31)20(10-13)36-3)29(26(33)25(21)32)14-7-5-4-6-8-14/h4-12,22,30-31H,1-3H3/b23-21+. The van der Waals surface area contributed by atoms with Gasteiger partial charge in [-0.15, -0.1) is 0 Å². The Morgan fingerprint density at radius 3 is 2.11 bits per heavy atom. The van der Waals surface area contributed by atoms with Crippen LogP contribution in [-0.2, 0) is 9.59 Å². The molecule has 0 aliphatic carbocycles. The number of hydrogen-bond donors (Lipinski definition) is 2. The molecule has 1 atom stereocenters. The zero-order valence-electron chi connectivity index (χ0n) is 19.4. The lowest BCUT2D eigenvalue weighted by atomic mass is 9.94. The second-order valence-electron chi connectivity index (χ2n) is 7.75. The van der Waals surface area contributed by atoms with E-state index in [2.05, 4.69) is 0 Å². The van der Waals surface area contributed by atoms with Gasteiger partial charge in [-0.1, -0.05) is 41.4 Å². The van der Waals surface area contributed by atoms with Crippen LogP contribution in [0.4, 0.5) is 5.69 Å². The number of para-hydroxylation sites is 1. The molecule has 0 aromatic heterocycles. The minimum atomic E-state index is -1.12. The summed E-state index contributed by atoms with van der Waals surface area (Å²) in [5.74, 6) is -2.19. The van der Waals surface area contributed by atoms with Crippen molar-refractivity contribution in [2.24, 2.45) is 0 Å². The van der Waals surface area contributed by atoms with Gasteiger partial charge in [-0.25, -0.2) is 0 Å². The van der Waals surface area contributed by atoms with Gasteiger partial charge in [0.1, 0.15) is 17.3 Å². The van der Waals surface area contributed by atoms with Gasteiger partial charge in [-0.05, 0) is 35.9 Å². The second-order valence-corrected chi connectivity index (χ2v) is 8.56. The van der Waals surface area contributed by atoms with Crippen molar-refractivity contribution in [3.8, 4) is 23.0 Å². The summed E-state index contributed by atoms with van der Waals surface area (Å²) in [6, 6.07) is 13.1. The number of ketones is 1. The number of ether oxygens (including phenoxy) is 3. The third-order valence-corrected chi connectivity index (χ3v) is 6.38. The number of aromatic hydroxyl groups is 1. The fourth-order valence-corrected chi connectivity index (χ4v) is 4.55. The van der Waals surface area contributed by atoms with Crippen molar-refractivity contribution in [2.45, 2.75) is 6.04 Å². The van der Waals surface area contributed by atoms with Crippen molar-refractivity contribution in [1.82, 2.24) is 0 Å². The summed E-state index contributed by atoms with van der Waals surface area (Å²) in [4.78, 5) is 28.0. The van der Waals surface area contributed by atoms with E-state index < -0.39 is 23.5 Å². The van der Waals surface area contributed by atoms with Crippen molar-refractivity contribution < 1.29 is 34.0 Å². The molecule has 4 rings (SSSR count). The normalized spacial score (nSPS) is 16.8. The molecule has 0 radical (unpaired) electrons. The predicted octanol–water partition coefficient (Wildman–Crippen LogP) is 5.35. The highest BCUT2D eigenvalue weighted by atomic mass is 35.5. The molecule has 1 aliphatic rings. The van der Waals surface area contributed by atoms with E-state index in [0.29, 0.717) is 11.3 Å². The van der Waals surface area contributed by atoms with E-state index in [1.54, 1.807) is 30.3 Å². The van der Waals surface area contributed by atoms with Crippen LogP contribution in [0.5, 0.6) is 23.0 Å². The number of anilines is 1. The molecule has 0 saturated carbocycles. The van der Waals surface area contributed by atoms with Crippen LogP contribution in [0.15, 0.2) is 60.2 Å². The van der Waals surface area contributed by atoms with Gasteiger partial charge in [0.05, 0.1) is 48.6 Å². The van der Waals surface area contributed by atoms with Crippen molar-refractivity contribution in [3.05, 3.63) is 81.3 Å². The number of halogens is 2. The van der Waals surface area contributed by atoms with Gasteiger partial charge in [0, 0.05) is 11.8 Å². The third-order valence-electron chi connectivity index (χ3n) is 5.79. The summed E-state index contributed by atoms with van der Waals surface area (Å²) in [5, 5.41) is 21.9. The van der Waals surface area contributed by atoms with Crippen molar-refractivity contribution in [1.29, 1.82) is 0 Å². The van der Waals surface area contributed by atoms with Crippen LogP contribution in [-0.4, -0.2) is 43.2 Å². The molecule has 8 nitrogen and oxygen atoms in total. The van der Waals surface area contributed by atoms with E-state index in [0.717, 1.165) is 0 Å². The van der Waals surface area contributed by atoms with Crippen LogP contribution in [0.3, 0.4) is 0 Å². The lowest BCUT2D eigenvalue weighted by Gasteiger charge is -2.26. The quantitative estimate of drug-likeness (QED) is 0.252. The van der Waals surface area contributed by atoms with Gasteiger partial charge in [-0.3, -0.25) is 14.5 Å². The van der Waals surface area contributed by atoms with Gasteiger partial charge < -0.3 is 24.4 Å². The number of phenols is 1. The second kappa shape index (κ2) is 10.0. The summed E-state index contributed by atoms with van der Waals surface area (Å²) in [6.07, 6.45) is 0. The topological polar surface area (TPSA) is 106 Å². The Morgan fingerprint density at radius 1 is 0.861 bits per heavy atom. The minimum Gasteiger partial charge on any atom is -0.507 e. The maximum atomic E-state index is 13.4. The number of aliphatic hydroxyl groups is 1. The third kappa shape index (κ3) is 4.19. The number of rotatable bonds is 6. The van der Waals surface area contributed by atoms with Gasteiger partial charge in [0.25, 0.3) is 11.7 Å². The summed E-state index contributed by atoms with van der Waals surface area (Å²) < 4.78 is 15.9. The van der Waals surface area contributed by atoms with E-state index in [9.17, 15) is 19.8 Å². The molecule has 1 unspecified atom stereocenters. The van der Waals surface area contributed by atoms with E-state index >= 15 is 0 Å². The largest absolute Gasteiger partial charge is 0.507 e. The van der Waals surface area contributed by atoms with E-state index in [1.807, 2.05) is 0 Å². The smallest absolute Gasteiger partial charge is 0.300 e. The highest BCUT2D eigenvalue weighted by Gasteiger charge is 2.47. The number of Topliss-reactive ketones (excluding diaryl/α,β-unsaturated/α-hetero) is 1. The van der Waals surface area contributed by atoms with Gasteiger partial charge in [0.2, 0.25) is 0 Å². The Hall–Kier alpha value is -3.88. The Labute approximate surface area is 216 Å². The van der Waals surface area contributed by atoms with Gasteiger partial charge in [-0.2, -0.15) is 0 Å². The first-order valence-electron chi connectivity index (χ1n) is 10.6. The van der Waals surface area contributed by atoms with Crippen LogP contribution in [0.25, 0.3) is 5.76 Å². The Balaban J connectivity index is 2.05. The number of amides is 1. The molecule has 0 bridgehead atoms. The SMILES string of the molecule is COc1cc(/C(O)=C2\C(=O)C(=O)N(c3ccccc3)C2c2cc(Cl)c(O)c(OC)c2)c(OC)cc1Cl. The number of carbonyl (C=O) groups excluding carboxylic acids is 2. The van der Waals surface area contributed by atoms with Crippen LogP contribution in [0.1, 0.15) is 17.2 Å². The highest BCUT2D eigenvalue weighted by Crippen LogP contribution is 2.47. The van der Waals surface area contributed by atoms with Crippen molar-refractivity contribution >= 4 is 46.3 Å². The lowest BCUT2D eigenvalue weighted by Crippen LogP contribution is -2.29. The number of benzene rings is 3. The summed E-state index contributed by atoms with van der Waals surface area (Å²) in [6.45, 7) is 0. The molecular weight excluding hydrogens is 509 g/mol. The van der Waals surface area contributed by atoms with Gasteiger partial charge in [0.15, 0.2) is 11.5 Å². The molecule has 36 heavy (non-hydrogen) atoms. The summed E-state index contributed by atoms with van der Waals surface area (Å²) in [7, 11) is 4.12. The monoisotopic (exact) mass is 529 g/mol. The first-order valence-corrected chi connectivity index (χ1v) is 11.3. The molecule has 1 fully saturated rings. The molecule has 2 N–H and O–H groups in total. The van der Waals surface area contributed by atoms with Crippen molar-refractivity contribution in [2.75, 3.05) is 26.2 Å². The number of hydrogen-bond acceptors (Lipinski definition) is 7. The fraction of sp³-hybridized carbons (Fsp3) is 0.154. The fourth-order valence-electron chi connectivity index (χ4n) is 4.10. The summed E-state index contributed by atoms with van der Waals surface area (Å²) in [5.41, 5.74) is 0.591. The lowest BCUT2D eigenvalue weighted by molar-refractivity contribution is -0.132. The molecule has 1 amide bonds. The van der Waals surface area contributed by atoms with E-state index in [-0.39, 0.29) is 44.2 Å². The molecule has 186 valence electrons. The minimum absolute atomic E-state index is 0.0295. The number of aliphatic hydroxyl groups excluding tert-OH is 1. The number of nitrogens with zero attached hydrogens (tertiary/aromatic N) is 1. The number of phenolic OH excluding ortho intramolecular Hbond substituents is 1. The van der Waals surface area contributed by atoms with Crippen LogP contribution in [0.2, 0.25) is 10.0 Å². The zero-order valence-corrected chi connectivity index (χ0v) is 20.9. The molecule has 1 heterocycles. The molecule has 1 saturated heterocycles. The zero-order chi connectivity index (χ0) is 26.1. The first kappa shape index (κ1) is 25.2. The summed E-state index contributed by atoms with van der Waals surface area (Å²) >= 11 is 12.4. The van der Waals surface area contributed by atoms with Crippen LogP contribution in [0, 0.1) is 0 Å².